The van der Waals surface area contributed by atoms with Gasteiger partial charge in [0.15, 0.2) is 5.69 Å². The number of aromatic nitrogens is 1. The zero-order valence-corrected chi connectivity index (χ0v) is 8.88. The van der Waals surface area contributed by atoms with Gasteiger partial charge in [-0.25, -0.2) is 9.78 Å². The van der Waals surface area contributed by atoms with Crippen LogP contribution in [0.15, 0.2) is 12.3 Å². The lowest BCUT2D eigenvalue weighted by molar-refractivity contribution is 0.0688. The highest BCUT2D eigenvalue weighted by Gasteiger charge is 2.16. The molecule has 0 aliphatic carbocycles. The maximum absolute atomic E-state index is 10.8. The van der Waals surface area contributed by atoms with Crippen molar-refractivity contribution in [1.29, 1.82) is 0 Å². The molecule has 14 heavy (non-hydrogen) atoms. The molecule has 1 heterocycles. The number of rotatable bonds is 3. The third-order valence-electron chi connectivity index (χ3n) is 2.23. The first-order valence-electron chi connectivity index (χ1n) is 4.45. The van der Waals surface area contributed by atoms with Gasteiger partial charge < -0.3 is 5.11 Å². The SMILES string of the molecule is CC[C@@H](C)c1cc(Cl)cnc1C(=O)O. The average molecular weight is 214 g/mol. The second kappa shape index (κ2) is 4.42. The number of carboxylic acids is 1. The first kappa shape index (κ1) is 11.0. The lowest BCUT2D eigenvalue weighted by Gasteiger charge is -2.11. The maximum atomic E-state index is 10.8. The van der Waals surface area contributed by atoms with Gasteiger partial charge in [-0.2, -0.15) is 0 Å². The summed E-state index contributed by atoms with van der Waals surface area (Å²) in [5.74, 6) is -0.843. The topological polar surface area (TPSA) is 50.2 Å². The number of hydrogen-bond donors (Lipinski definition) is 1. The Bertz CT molecular complexity index is 352. The predicted molar refractivity (Wildman–Crippen MR) is 54.9 cm³/mol. The summed E-state index contributed by atoms with van der Waals surface area (Å²) < 4.78 is 0. The van der Waals surface area contributed by atoms with Crippen LogP contribution < -0.4 is 0 Å². The van der Waals surface area contributed by atoms with Gasteiger partial charge >= 0.3 is 5.97 Å². The second-order valence-corrected chi connectivity index (χ2v) is 3.64. The first-order valence-corrected chi connectivity index (χ1v) is 4.82. The Balaban J connectivity index is 3.22. The summed E-state index contributed by atoms with van der Waals surface area (Å²) in [6.45, 7) is 3.96. The van der Waals surface area contributed by atoms with E-state index in [1.54, 1.807) is 6.07 Å². The van der Waals surface area contributed by atoms with Gasteiger partial charge in [0.05, 0.1) is 5.02 Å². The summed E-state index contributed by atoms with van der Waals surface area (Å²) in [6.07, 6.45) is 2.22. The van der Waals surface area contributed by atoms with E-state index in [9.17, 15) is 4.79 Å². The lowest BCUT2D eigenvalue weighted by Crippen LogP contribution is -2.07. The molecule has 0 spiro atoms. The average Bonchev–Trinajstić information content (AvgIpc) is 2.16. The van der Waals surface area contributed by atoms with Crippen LogP contribution in [0.25, 0.3) is 0 Å². The molecule has 1 N–H and O–H groups in total. The molecule has 0 fully saturated rings. The number of carbonyl (C=O) groups is 1. The van der Waals surface area contributed by atoms with Gasteiger partial charge in [0.1, 0.15) is 0 Å². The number of nitrogens with zero attached hydrogens (tertiary/aromatic N) is 1. The van der Waals surface area contributed by atoms with Crippen molar-refractivity contribution in [3.05, 3.63) is 28.5 Å². The smallest absolute Gasteiger partial charge is 0.354 e. The van der Waals surface area contributed by atoms with Crippen LogP contribution in [0, 0.1) is 0 Å². The maximum Gasteiger partial charge on any atom is 0.354 e. The van der Waals surface area contributed by atoms with Crippen molar-refractivity contribution < 1.29 is 9.90 Å². The van der Waals surface area contributed by atoms with Gasteiger partial charge in [0.2, 0.25) is 0 Å². The first-order chi connectivity index (χ1) is 6.56. The molecule has 0 radical (unpaired) electrons. The Morgan fingerprint density at radius 1 is 1.71 bits per heavy atom. The molecule has 3 nitrogen and oxygen atoms in total. The predicted octanol–water partition coefficient (Wildman–Crippen LogP) is 2.95. The summed E-state index contributed by atoms with van der Waals surface area (Å²) in [5, 5.41) is 9.37. The molecule has 0 aliphatic rings. The molecule has 0 aliphatic heterocycles. The van der Waals surface area contributed by atoms with Crippen LogP contribution in [0.4, 0.5) is 0 Å². The highest BCUT2D eigenvalue weighted by Crippen LogP contribution is 2.24. The fourth-order valence-electron chi connectivity index (χ4n) is 1.23. The van der Waals surface area contributed by atoms with Crippen LogP contribution in [-0.2, 0) is 0 Å². The van der Waals surface area contributed by atoms with Crippen molar-refractivity contribution in [1.82, 2.24) is 4.98 Å². The van der Waals surface area contributed by atoms with Crippen LogP contribution >= 0.6 is 11.6 Å². The van der Waals surface area contributed by atoms with Crippen LogP contribution in [-0.4, -0.2) is 16.1 Å². The van der Waals surface area contributed by atoms with Crippen molar-refractivity contribution in [3.63, 3.8) is 0 Å². The molecule has 0 unspecified atom stereocenters. The molecule has 0 aromatic carbocycles. The van der Waals surface area contributed by atoms with E-state index < -0.39 is 5.97 Å². The van der Waals surface area contributed by atoms with Crippen LogP contribution in [0.1, 0.15) is 42.2 Å². The van der Waals surface area contributed by atoms with Gasteiger partial charge in [0, 0.05) is 6.20 Å². The van der Waals surface area contributed by atoms with E-state index in [1.807, 2.05) is 13.8 Å². The standard InChI is InChI=1S/C10H12ClNO2/c1-3-6(2)8-4-7(11)5-12-9(8)10(13)14/h4-6H,3H2,1-2H3,(H,13,14)/t6-/m1/s1. The Morgan fingerprint density at radius 3 is 2.86 bits per heavy atom. The van der Waals surface area contributed by atoms with Crippen molar-refractivity contribution in [3.8, 4) is 0 Å². The van der Waals surface area contributed by atoms with E-state index in [0.717, 1.165) is 6.42 Å². The van der Waals surface area contributed by atoms with E-state index in [4.69, 9.17) is 16.7 Å². The third-order valence-corrected chi connectivity index (χ3v) is 2.44. The number of pyridine rings is 1. The minimum atomic E-state index is -1.00. The molecule has 4 heteroatoms. The van der Waals surface area contributed by atoms with Crippen molar-refractivity contribution in [2.75, 3.05) is 0 Å². The molecule has 76 valence electrons. The van der Waals surface area contributed by atoms with Crippen molar-refractivity contribution in [2.45, 2.75) is 26.2 Å². The Hall–Kier alpha value is -1.09. The number of aromatic carboxylic acids is 1. The number of halogens is 1. The minimum absolute atomic E-state index is 0.101. The van der Waals surface area contributed by atoms with Gasteiger partial charge in [0.25, 0.3) is 0 Å². The van der Waals surface area contributed by atoms with Gasteiger partial charge in [-0.05, 0) is 24.0 Å². The summed E-state index contributed by atoms with van der Waals surface area (Å²) in [4.78, 5) is 14.7. The van der Waals surface area contributed by atoms with Gasteiger partial charge in [-0.1, -0.05) is 25.4 Å². The van der Waals surface area contributed by atoms with Crippen LogP contribution in [0.5, 0.6) is 0 Å². The molecule has 0 bridgehead atoms. The van der Waals surface area contributed by atoms with Gasteiger partial charge in [-0.3, -0.25) is 0 Å². The zero-order chi connectivity index (χ0) is 10.7. The second-order valence-electron chi connectivity index (χ2n) is 3.21. The molecular weight excluding hydrogens is 202 g/mol. The fourth-order valence-corrected chi connectivity index (χ4v) is 1.40. The van der Waals surface area contributed by atoms with E-state index >= 15 is 0 Å². The van der Waals surface area contributed by atoms with Crippen LogP contribution in [0.3, 0.4) is 0 Å². The summed E-state index contributed by atoms with van der Waals surface area (Å²) >= 11 is 5.77. The largest absolute Gasteiger partial charge is 0.477 e. The molecular formula is C10H12ClNO2. The molecule has 1 rings (SSSR count). The lowest BCUT2D eigenvalue weighted by atomic mass is 9.97. The van der Waals surface area contributed by atoms with E-state index in [0.29, 0.717) is 10.6 Å². The molecule has 1 aromatic rings. The summed E-state index contributed by atoms with van der Waals surface area (Å²) in [5.41, 5.74) is 0.802. The fraction of sp³-hybridized carbons (Fsp3) is 0.400. The Labute approximate surface area is 87.7 Å². The zero-order valence-electron chi connectivity index (χ0n) is 8.12. The molecule has 1 aromatic heterocycles. The van der Waals surface area contributed by atoms with E-state index in [2.05, 4.69) is 4.98 Å². The monoisotopic (exact) mass is 213 g/mol. The van der Waals surface area contributed by atoms with Crippen LogP contribution in [0.2, 0.25) is 5.02 Å². The summed E-state index contributed by atoms with van der Waals surface area (Å²) in [7, 11) is 0. The van der Waals surface area contributed by atoms with Gasteiger partial charge in [-0.15, -0.1) is 0 Å². The third kappa shape index (κ3) is 2.23. The quantitative estimate of drug-likeness (QED) is 0.840. The number of hydrogen-bond acceptors (Lipinski definition) is 2. The highest BCUT2D eigenvalue weighted by molar-refractivity contribution is 6.30. The molecule has 1 atom stereocenters. The van der Waals surface area contributed by atoms with E-state index in [-0.39, 0.29) is 11.6 Å². The minimum Gasteiger partial charge on any atom is -0.477 e. The summed E-state index contributed by atoms with van der Waals surface area (Å²) in [6, 6.07) is 1.67. The molecule has 0 amide bonds. The highest BCUT2D eigenvalue weighted by atomic mass is 35.5. The van der Waals surface area contributed by atoms with Crippen molar-refractivity contribution >= 4 is 17.6 Å². The Kier molecular flexibility index (Phi) is 3.47. The van der Waals surface area contributed by atoms with E-state index in [1.165, 1.54) is 6.20 Å². The van der Waals surface area contributed by atoms with Crippen molar-refractivity contribution in [2.24, 2.45) is 0 Å². The molecule has 0 saturated carbocycles. The Morgan fingerprint density at radius 2 is 2.36 bits per heavy atom. The molecule has 0 saturated heterocycles. The number of carboxylic acid groups (broad SMARTS) is 1. The normalized spacial score (nSPS) is 12.5.